The van der Waals surface area contributed by atoms with Gasteiger partial charge in [0.15, 0.2) is 0 Å². The number of halogens is 1. The van der Waals surface area contributed by atoms with Gasteiger partial charge in [-0.25, -0.2) is 4.68 Å². The molecule has 1 aromatic heterocycles. The van der Waals surface area contributed by atoms with E-state index in [0.717, 1.165) is 29.1 Å². The fraction of sp³-hybridized carbons (Fsp3) is 0.450. The summed E-state index contributed by atoms with van der Waals surface area (Å²) in [6.45, 7) is 11.3. The van der Waals surface area contributed by atoms with E-state index in [1.54, 1.807) is 0 Å². The Hall–Kier alpha value is -1.75. The van der Waals surface area contributed by atoms with Crippen molar-refractivity contribution in [2.75, 3.05) is 11.9 Å². The van der Waals surface area contributed by atoms with Crippen molar-refractivity contribution in [3.05, 3.63) is 53.2 Å². The molecule has 5 heteroatoms. The van der Waals surface area contributed by atoms with Gasteiger partial charge in [0.05, 0.1) is 16.7 Å². The van der Waals surface area contributed by atoms with Crippen molar-refractivity contribution in [3.63, 3.8) is 0 Å². The molecule has 0 radical (unpaired) electrons. The Morgan fingerprint density at radius 3 is 3.04 bits per heavy atom. The first kappa shape index (κ1) is 19.6. The van der Waals surface area contributed by atoms with E-state index in [1.165, 1.54) is 18.4 Å². The summed E-state index contributed by atoms with van der Waals surface area (Å²) in [6, 6.07) is 0.0978. The van der Waals surface area contributed by atoms with Crippen LogP contribution in [0.2, 0.25) is 0 Å². The monoisotopic (exact) mass is 404 g/mol. The van der Waals surface area contributed by atoms with Gasteiger partial charge in [0.1, 0.15) is 11.6 Å². The molecule has 0 saturated heterocycles. The Morgan fingerprint density at radius 2 is 2.36 bits per heavy atom. The Labute approximate surface area is 159 Å². The minimum Gasteiger partial charge on any atom is -0.370 e. The average molecular weight is 405 g/mol. The Bertz CT molecular complexity index is 669. The summed E-state index contributed by atoms with van der Waals surface area (Å²) in [5, 5.41) is 11.6. The predicted molar refractivity (Wildman–Crippen MR) is 111 cm³/mol. The molecule has 2 atom stereocenters. The van der Waals surface area contributed by atoms with Crippen molar-refractivity contribution >= 4 is 27.6 Å². The minimum atomic E-state index is 0.0978. The zero-order valence-corrected chi connectivity index (χ0v) is 17.0. The minimum absolute atomic E-state index is 0.0978. The Kier molecular flexibility index (Phi) is 7.56. The molecule has 0 saturated carbocycles. The molecule has 0 spiro atoms. The Morgan fingerprint density at radius 1 is 1.56 bits per heavy atom. The summed E-state index contributed by atoms with van der Waals surface area (Å²) in [4.78, 5) is 0. The number of hydrogen-bond donors (Lipinski definition) is 2. The number of nitrogens with zero attached hydrogens (tertiary/aromatic N) is 2. The summed E-state index contributed by atoms with van der Waals surface area (Å²) in [5.41, 5.74) is 1.22. The lowest BCUT2D eigenvalue weighted by molar-refractivity contribution is 0.504. The first-order valence-electron chi connectivity index (χ1n) is 9.00. The lowest BCUT2D eigenvalue weighted by Crippen LogP contribution is -2.32. The third kappa shape index (κ3) is 5.11. The van der Waals surface area contributed by atoms with Gasteiger partial charge in [0, 0.05) is 6.54 Å². The molecule has 4 nitrogen and oxygen atoms in total. The van der Waals surface area contributed by atoms with Crippen molar-refractivity contribution in [1.29, 1.82) is 0 Å². The topological polar surface area (TPSA) is 41.9 Å². The van der Waals surface area contributed by atoms with Crippen LogP contribution in [0.5, 0.6) is 0 Å². The molecule has 0 amide bonds. The predicted octanol–water partition coefficient (Wildman–Crippen LogP) is 5.34. The van der Waals surface area contributed by atoms with E-state index in [-0.39, 0.29) is 6.04 Å². The lowest BCUT2D eigenvalue weighted by Gasteiger charge is -2.27. The van der Waals surface area contributed by atoms with Crippen LogP contribution in [0, 0.1) is 5.92 Å². The molecule has 2 rings (SSSR count). The second-order valence-corrected chi connectivity index (χ2v) is 7.28. The van der Waals surface area contributed by atoms with Gasteiger partial charge in [-0.05, 0) is 53.3 Å². The van der Waals surface area contributed by atoms with Crippen molar-refractivity contribution in [3.8, 4) is 0 Å². The summed E-state index contributed by atoms with van der Waals surface area (Å²) in [7, 11) is 0. The van der Waals surface area contributed by atoms with E-state index in [0.29, 0.717) is 5.92 Å². The first-order valence-corrected chi connectivity index (χ1v) is 9.79. The summed E-state index contributed by atoms with van der Waals surface area (Å²) in [6.07, 6.45) is 15.7. The standard InChI is InChI=1S/C20H29BrN4/c1-5-8-11-16(10-7-3)18-12-19(22-13-15(4)9-6-2)25-20(24-18)17(21)14-23-25/h5,7,10-12,14-15,18,22,24H,1,6,8-9,13H2,2-4H3/b10-7-,16-11+. The molecule has 1 aromatic rings. The Balaban J connectivity index is 2.28. The van der Waals surface area contributed by atoms with Crippen LogP contribution in [-0.4, -0.2) is 22.4 Å². The fourth-order valence-electron chi connectivity index (χ4n) is 2.96. The van der Waals surface area contributed by atoms with Crippen molar-refractivity contribution in [2.45, 2.75) is 46.1 Å². The number of allylic oxidation sites excluding steroid dienone is 3. The summed E-state index contributed by atoms with van der Waals surface area (Å²) >= 11 is 3.60. The van der Waals surface area contributed by atoms with Gasteiger partial charge in [0.2, 0.25) is 0 Å². The SMILES string of the molecule is C=CC/C=C(\C=C/C)C1C=C(NCC(C)CCC)n2ncc(Br)c2N1. The first-order chi connectivity index (χ1) is 12.1. The zero-order chi connectivity index (χ0) is 18.2. The molecular formula is C20H29BrN4. The number of rotatable bonds is 9. The highest BCUT2D eigenvalue weighted by molar-refractivity contribution is 9.10. The second kappa shape index (κ2) is 9.66. The van der Waals surface area contributed by atoms with Crippen LogP contribution in [0.25, 0.3) is 5.82 Å². The highest BCUT2D eigenvalue weighted by Crippen LogP contribution is 2.30. The molecule has 136 valence electrons. The van der Waals surface area contributed by atoms with Crippen LogP contribution in [0.1, 0.15) is 40.0 Å². The molecule has 2 heterocycles. The van der Waals surface area contributed by atoms with Gasteiger partial charge in [0.25, 0.3) is 0 Å². The van der Waals surface area contributed by atoms with E-state index >= 15 is 0 Å². The quantitative estimate of drug-likeness (QED) is 0.430. The number of nitrogens with one attached hydrogen (secondary N) is 2. The lowest BCUT2D eigenvalue weighted by atomic mass is 10.0. The van der Waals surface area contributed by atoms with E-state index < -0.39 is 0 Å². The van der Waals surface area contributed by atoms with Gasteiger partial charge in [-0.3, -0.25) is 0 Å². The van der Waals surface area contributed by atoms with Gasteiger partial charge in [-0.2, -0.15) is 5.10 Å². The normalized spacial score (nSPS) is 18.5. The number of hydrogen-bond acceptors (Lipinski definition) is 3. The van der Waals surface area contributed by atoms with E-state index in [9.17, 15) is 0 Å². The third-order valence-electron chi connectivity index (χ3n) is 4.22. The number of aromatic nitrogens is 2. The molecule has 1 aliphatic heterocycles. The summed E-state index contributed by atoms with van der Waals surface area (Å²) in [5.74, 6) is 2.64. The number of fused-ring (bicyclic) bond motifs is 1. The van der Waals surface area contributed by atoms with Crippen LogP contribution < -0.4 is 10.6 Å². The summed E-state index contributed by atoms with van der Waals surface area (Å²) < 4.78 is 2.90. The molecule has 0 bridgehead atoms. The van der Waals surface area contributed by atoms with Crippen molar-refractivity contribution in [1.82, 2.24) is 15.1 Å². The molecule has 0 fully saturated rings. The van der Waals surface area contributed by atoms with Gasteiger partial charge in [-0.15, -0.1) is 6.58 Å². The van der Waals surface area contributed by atoms with Gasteiger partial charge < -0.3 is 10.6 Å². The molecular weight excluding hydrogens is 376 g/mol. The van der Waals surface area contributed by atoms with Crippen LogP contribution in [-0.2, 0) is 0 Å². The molecule has 0 aliphatic carbocycles. The molecule has 25 heavy (non-hydrogen) atoms. The highest BCUT2D eigenvalue weighted by Gasteiger charge is 2.23. The third-order valence-corrected chi connectivity index (χ3v) is 4.80. The highest BCUT2D eigenvalue weighted by atomic mass is 79.9. The van der Waals surface area contributed by atoms with Gasteiger partial charge >= 0.3 is 0 Å². The fourth-order valence-corrected chi connectivity index (χ4v) is 3.33. The van der Waals surface area contributed by atoms with E-state index in [4.69, 9.17) is 0 Å². The molecule has 2 N–H and O–H groups in total. The van der Waals surface area contributed by atoms with Crippen LogP contribution >= 0.6 is 15.9 Å². The van der Waals surface area contributed by atoms with E-state index in [2.05, 4.69) is 76.4 Å². The molecule has 1 aliphatic rings. The average Bonchev–Trinajstić information content (AvgIpc) is 2.98. The van der Waals surface area contributed by atoms with Crippen molar-refractivity contribution < 1.29 is 0 Å². The maximum absolute atomic E-state index is 4.49. The second-order valence-electron chi connectivity index (χ2n) is 6.43. The zero-order valence-electron chi connectivity index (χ0n) is 15.4. The largest absolute Gasteiger partial charge is 0.370 e. The number of anilines is 1. The van der Waals surface area contributed by atoms with Crippen LogP contribution in [0.15, 0.2) is 53.2 Å². The van der Waals surface area contributed by atoms with E-state index in [1.807, 2.05) is 23.9 Å². The van der Waals surface area contributed by atoms with Gasteiger partial charge in [-0.1, -0.05) is 44.6 Å². The molecule has 2 unspecified atom stereocenters. The maximum atomic E-state index is 4.49. The molecule has 0 aromatic carbocycles. The smallest absolute Gasteiger partial charge is 0.146 e. The van der Waals surface area contributed by atoms with Crippen molar-refractivity contribution in [2.24, 2.45) is 5.92 Å². The van der Waals surface area contributed by atoms with Crippen LogP contribution in [0.4, 0.5) is 5.82 Å². The maximum Gasteiger partial charge on any atom is 0.146 e. The van der Waals surface area contributed by atoms with Crippen LogP contribution in [0.3, 0.4) is 0 Å².